The van der Waals surface area contributed by atoms with Gasteiger partial charge in [0.2, 0.25) is 11.8 Å². The highest BCUT2D eigenvalue weighted by atomic mass is 35.5. The van der Waals surface area contributed by atoms with Crippen molar-refractivity contribution in [2.75, 3.05) is 10.8 Å². The molecule has 0 radical (unpaired) electrons. The highest BCUT2D eigenvalue weighted by molar-refractivity contribution is 7.92. The number of carbonyl (C=O) groups excluding carboxylic acids is 2. The molecule has 0 heterocycles. The molecule has 10 heteroatoms. The Balaban J connectivity index is 2.05. The quantitative estimate of drug-likeness (QED) is 0.337. The molecule has 208 valence electrons. The summed E-state index contributed by atoms with van der Waals surface area (Å²) >= 11 is 5.99. The van der Waals surface area contributed by atoms with E-state index in [9.17, 15) is 22.4 Å². The Bertz CT molecular complexity index is 1420. The van der Waals surface area contributed by atoms with Crippen LogP contribution in [0.1, 0.15) is 38.3 Å². The molecule has 0 aliphatic carbocycles. The van der Waals surface area contributed by atoms with E-state index < -0.39 is 34.3 Å². The van der Waals surface area contributed by atoms with Gasteiger partial charge in [0.15, 0.2) is 0 Å². The van der Waals surface area contributed by atoms with Gasteiger partial charge in [-0.15, -0.1) is 0 Å². The number of benzene rings is 3. The Labute approximate surface area is 234 Å². The van der Waals surface area contributed by atoms with Crippen molar-refractivity contribution in [3.8, 4) is 0 Å². The van der Waals surface area contributed by atoms with Crippen LogP contribution in [-0.4, -0.2) is 43.8 Å². The first-order valence-electron chi connectivity index (χ1n) is 12.6. The third kappa shape index (κ3) is 7.36. The second kappa shape index (κ2) is 13.1. The maximum absolute atomic E-state index is 14.0. The van der Waals surface area contributed by atoms with E-state index in [1.807, 2.05) is 45.0 Å². The Morgan fingerprint density at radius 1 is 1.00 bits per heavy atom. The molecule has 0 saturated heterocycles. The molecule has 2 atom stereocenters. The third-order valence-corrected chi connectivity index (χ3v) is 8.65. The molecule has 0 aliphatic rings. The number of carbonyl (C=O) groups is 2. The van der Waals surface area contributed by atoms with Crippen LogP contribution in [0.4, 0.5) is 10.1 Å². The lowest BCUT2D eigenvalue weighted by Crippen LogP contribution is -2.52. The first-order valence-corrected chi connectivity index (χ1v) is 14.4. The molecule has 0 unspecified atom stereocenters. The minimum absolute atomic E-state index is 0.0196. The summed E-state index contributed by atoms with van der Waals surface area (Å²) in [4.78, 5) is 28.3. The monoisotopic (exact) mass is 573 g/mol. The number of nitrogens with one attached hydrogen (secondary N) is 1. The minimum atomic E-state index is -4.26. The SMILES string of the molecule is CC[C@@H](C)NC(=O)[C@H](C)N(Cc1ccccc1C)C(=O)CN(c1ccc(F)c(Cl)c1)S(=O)(=O)c1ccccc1. The Kier molecular flexibility index (Phi) is 10.1. The first-order chi connectivity index (χ1) is 18.4. The smallest absolute Gasteiger partial charge is 0.264 e. The summed E-state index contributed by atoms with van der Waals surface area (Å²) in [6.45, 7) is 6.76. The number of anilines is 1. The van der Waals surface area contributed by atoms with Gasteiger partial charge >= 0.3 is 0 Å². The van der Waals surface area contributed by atoms with E-state index in [1.54, 1.807) is 25.1 Å². The predicted molar refractivity (Wildman–Crippen MR) is 151 cm³/mol. The van der Waals surface area contributed by atoms with Crippen molar-refractivity contribution in [1.82, 2.24) is 10.2 Å². The molecule has 0 bridgehead atoms. The first kappa shape index (κ1) is 30.1. The van der Waals surface area contributed by atoms with Gasteiger partial charge in [-0.1, -0.05) is 61.0 Å². The largest absolute Gasteiger partial charge is 0.352 e. The highest BCUT2D eigenvalue weighted by Crippen LogP contribution is 2.28. The zero-order valence-corrected chi connectivity index (χ0v) is 24.0. The average molecular weight is 574 g/mol. The van der Waals surface area contributed by atoms with E-state index in [0.29, 0.717) is 6.42 Å². The summed E-state index contributed by atoms with van der Waals surface area (Å²) in [6, 6.07) is 17.5. The second-order valence-corrected chi connectivity index (χ2v) is 11.6. The van der Waals surface area contributed by atoms with Crippen LogP contribution in [0, 0.1) is 12.7 Å². The summed E-state index contributed by atoms with van der Waals surface area (Å²) in [6.07, 6.45) is 0.707. The number of aryl methyl sites for hydroxylation is 1. The Morgan fingerprint density at radius 3 is 2.26 bits per heavy atom. The molecule has 0 spiro atoms. The molecule has 7 nitrogen and oxygen atoms in total. The molecule has 39 heavy (non-hydrogen) atoms. The fourth-order valence-corrected chi connectivity index (χ4v) is 5.51. The van der Waals surface area contributed by atoms with Gasteiger partial charge < -0.3 is 10.2 Å². The van der Waals surface area contributed by atoms with Crippen molar-refractivity contribution in [2.24, 2.45) is 0 Å². The highest BCUT2D eigenvalue weighted by Gasteiger charge is 2.33. The van der Waals surface area contributed by atoms with Crippen molar-refractivity contribution in [3.63, 3.8) is 0 Å². The van der Waals surface area contributed by atoms with Crippen LogP contribution in [0.25, 0.3) is 0 Å². The molecule has 3 aromatic carbocycles. The summed E-state index contributed by atoms with van der Waals surface area (Å²) < 4.78 is 42.3. The van der Waals surface area contributed by atoms with E-state index in [4.69, 9.17) is 11.6 Å². The molecule has 3 aromatic rings. The fraction of sp³-hybridized carbons (Fsp3) is 0.310. The van der Waals surface area contributed by atoms with Crippen LogP contribution in [-0.2, 0) is 26.2 Å². The summed E-state index contributed by atoms with van der Waals surface area (Å²) in [5.74, 6) is -1.68. The van der Waals surface area contributed by atoms with E-state index in [0.717, 1.165) is 27.6 Å². The molecule has 3 rings (SSSR count). The van der Waals surface area contributed by atoms with Crippen LogP contribution in [0.5, 0.6) is 0 Å². The van der Waals surface area contributed by atoms with E-state index in [-0.39, 0.29) is 34.1 Å². The second-order valence-electron chi connectivity index (χ2n) is 9.37. The normalized spacial score (nSPS) is 12.9. The number of amides is 2. The molecular weight excluding hydrogens is 541 g/mol. The average Bonchev–Trinajstić information content (AvgIpc) is 2.92. The molecule has 0 fully saturated rings. The van der Waals surface area contributed by atoms with Gasteiger partial charge in [0, 0.05) is 12.6 Å². The van der Waals surface area contributed by atoms with Gasteiger partial charge in [0.25, 0.3) is 10.0 Å². The maximum Gasteiger partial charge on any atom is 0.264 e. The summed E-state index contributed by atoms with van der Waals surface area (Å²) in [5, 5.41) is 2.61. The van der Waals surface area contributed by atoms with Gasteiger partial charge in [0.05, 0.1) is 15.6 Å². The number of hydrogen-bond acceptors (Lipinski definition) is 4. The lowest BCUT2D eigenvalue weighted by Gasteiger charge is -2.32. The van der Waals surface area contributed by atoms with Crippen LogP contribution in [0.2, 0.25) is 5.02 Å². The predicted octanol–water partition coefficient (Wildman–Crippen LogP) is 5.31. The van der Waals surface area contributed by atoms with Crippen molar-refractivity contribution in [3.05, 3.63) is 94.8 Å². The van der Waals surface area contributed by atoms with Crippen molar-refractivity contribution in [2.45, 2.75) is 57.6 Å². The van der Waals surface area contributed by atoms with Crippen LogP contribution in [0.3, 0.4) is 0 Å². The third-order valence-electron chi connectivity index (χ3n) is 6.57. The van der Waals surface area contributed by atoms with Gasteiger partial charge in [0.1, 0.15) is 18.4 Å². The van der Waals surface area contributed by atoms with E-state index >= 15 is 0 Å². The van der Waals surface area contributed by atoms with Crippen molar-refractivity contribution < 1.29 is 22.4 Å². The molecule has 0 saturated carbocycles. The summed E-state index contributed by atoms with van der Waals surface area (Å²) in [5.41, 5.74) is 1.76. The van der Waals surface area contributed by atoms with Crippen molar-refractivity contribution >= 4 is 39.1 Å². The number of sulfonamides is 1. The number of halogens is 2. The van der Waals surface area contributed by atoms with Gasteiger partial charge in [-0.05, 0) is 68.7 Å². The molecule has 0 aromatic heterocycles. The standard InChI is InChI=1S/C29H33ClFN3O4S/c1-5-21(3)32-29(36)22(4)33(18-23-12-10-9-11-20(23)2)28(35)19-34(24-15-16-27(31)26(30)17-24)39(37,38)25-13-7-6-8-14-25/h6-17,21-22H,5,18-19H2,1-4H3,(H,32,36)/t21-,22+/m1/s1. The van der Waals surface area contributed by atoms with E-state index in [1.165, 1.54) is 23.1 Å². The molecule has 1 N–H and O–H groups in total. The van der Waals surface area contributed by atoms with Gasteiger partial charge in [-0.25, -0.2) is 12.8 Å². The van der Waals surface area contributed by atoms with Crippen LogP contribution >= 0.6 is 11.6 Å². The minimum Gasteiger partial charge on any atom is -0.352 e. The molecule has 2 amide bonds. The van der Waals surface area contributed by atoms with E-state index in [2.05, 4.69) is 5.32 Å². The molecular formula is C29H33ClFN3O4S. The lowest BCUT2D eigenvalue weighted by atomic mass is 10.1. The summed E-state index contributed by atoms with van der Waals surface area (Å²) in [7, 11) is -4.26. The van der Waals surface area contributed by atoms with Gasteiger partial charge in [-0.3, -0.25) is 13.9 Å². The van der Waals surface area contributed by atoms with Crippen molar-refractivity contribution in [1.29, 1.82) is 0 Å². The number of nitrogens with zero attached hydrogens (tertiary/aromatic N) is 2. The van der Waals surface area contributed by atoms with Crippen LogP contribution < -0.4 is 9.62 Å². The maximum atomic E-state index is 14.0. The van der Waals surface area contributed by atoms with Gasteiger partial charge in [-0.2, -0.15) is 0 Å². The van der Waals surface area contributed by atoms with Crippen LogP contribution in [0.15, 0.2) is 77.7 Å². The Hall–Kier alpha value is -3.43. The molecule has 0 aliphatic heterocycles. The zero-order valence-electron chi connectivity index (χ0n) is 22.4. The number of hydrogen-bond donors (Lipinski definition) is 1. The number of rotatable bonds is 11. The topological polar surface area (TPSA) is 86.8 Å². The lowest BCUT2D eigenvalue weighted by molar-refractivity contribution is -0.139. The zero-order chi connectivity index (χ0) is 28.7. The fourth-order valence-electron chi connectivity index (χ4n) is 3.91. The Morgan fingerprint density at radius 2 is 1.64 bits per heavy atom.